The van der Waals surface area contributed by atoms with Crippen molar-refractivity contribution in [2.24, 2.45) is 0 Å². The van der Waals surface area contributed by atoms with Gasteiger partial charge < -0.3 is 24.6 Å². The molecule has 0 amide bonds. The van der Waals surface area contributed by atoms with Gasteiger partial charge in [0, 0.05) is 20.2 Å². The van der Waals surface area contributed by atoms with E-state index >= 15 is 0 Å². The second-order valence-electron chi connectivity index (χ2n) is 4.07. The molecule has 6 heteroatoms. The van der Waals surface area contributed by atoms with Crippen LogP contribution in [0.2, 0.25) is 0 Å². The van der Waals surface area contributed by atoms with Gasteiger partial charge in [-0.3, -0.25) is 0 Å². The minimum Gasteiger partial charge on any atom is -0.490 e. The molecule has 0 saturated carbocycles. The van der Waals surface area contributed by atoms with Gasteiger partial charge in [0.25, 0.3) is 0 Å². The molecule has 1 rings (SSSR count). The Balaban J connectivity index is 2.65. The molecule has 0 bridgehead atoms. The summed E-state index contributed by atoms with van der Waals surface area (Å²) in [4.78, 5) is 10.5. The van der Waals surface area contributed by atoms with Crippen molar-refractivity contribution in [3.63, 3.8) is 0 Å². The lowest BCUT2D eigenvalue weighted by atomic mass is 10.2. The zero-order valence-corrected chi connectivity index (χ0v) is 11.8. The Morgan fingerprint density at radius 2 is 2.10 bits per heavy atom. The van der Waals surface area contributed by atoms with E-state index in [1.54, 1.807) is 13.2 Å². The third kappa shape index (κ3) is 5.90. The molecule has 20 heavy (non-hydrogen) atoms. The van der Waals surface area contributed by atoms with Crippen molar-refractivity contribution in [2.45, 2.75) is 13.5 Å². The molecule has 0 aliphatic heterocycles. The molecular weight excluding hydrogens is 262 g/mol. The number of ether oxygens (including phenoxy) is 3. The number of rotatable bonds is 10. The molecule has 1 aromatic carbocycles. The van der Waals surface area contributed by atoms with Crippen molar-refractivity contribution in [2.75, 3.05) is 33.5 Å². The molecule has 0 fully saturated rings. The predicted molar refractivity (Wildman–Crippen MR) is 74.3 cm³/mol. The van der Waals surface area contributed by atoms with Gasteiger partial charge >= 0.3 is 5.97 Å². The Hall–Kier alpha value is -1.79. The molecule has 0 saturated heterocycles. The van der Waals surface area contributed by atoms with Crippen molar-refractivity contribution in [1.82, 2.24) is 5.32 Å². The highest BCUT2D eigenvalue weighted by Gasteiger charge is 2.08. The average Bonchev–Trinajstić information content (AvgIpc) is 2.43. The number of carboxylic acids is 1. The zero-order valence-electron chi connectivity index (χ0n) is 11.8. The van der Waals surface area contributed by atoms with E-state index in [1.807, 2.05) is 19.1 Å². The van der Waals surface area contributed by atoms with E-state index in [2.05, 4.69) is 5.32 Å². The monoisotopic (exact) mass is 283 g/mol. The molecule has 0 spiro atoms. The lowest BCUT2D eigenvalue weighted by molar-refractivity contribution is -0.139. The number of methoxy groups -OCH3 is 1. The van der Waals surface area contributed by atoms with Gasteiger partial charge in [-0.2, -0.15) is 0 Å². The fourth-order valence-electron chi connectivity index (χ4n) is 1.60. The SMILES string of the molecule is CCOc1cc(CNCCOC)ccc1OCC(=O)O. The number of hydrogen-bond acceptors (Lipinski definition) is 5. The van der Waals surface area contributed by atoms with Crippen LogP contribution in [0.3, 0.4) is 0 Å². The third-order valence-electron chi connectivity index (χ3n) is 2.47. The highest BCUT2D eigenvalue weighted by Crippen LogP contribution is 2.28. The molecule has 112 valence electrons. The van der Waals surface area contributed by atoms with E-state index in [4.69, 9.17) is 19.3 Å². The second-order valence-corrected chi connectivity index (χ2v) is 4.07. The molecule has 0 heterocycles. The van der Waals surface area contributed by atoms with Crippen LogP contribution in [0.1, 0.15) is 12.5 Å². The van der Waals surface area contributed by atoms with Crippen LogP contribution >= 0.6 is 0 Å². The van der Waals surface area contributed by atoms with Crippen molar-refractivity contribution in [3.8, 4) is 11.5 Å². The molecule has 6 nitrogen and oxygen atoms in total. The first-order chi connectivity index (χ1) is 9.67. The summed E-state index contributed by atoms with van der Waals surface area (Å²) in [6, 6.07) is 5.45. The van der Waals surface area contributed by atoms with Crippen LogP contribution in [0.5, 0.6) is 11.5 Å². The maximum Gasteiger partial charge on any atom is 0.341 e. The predicted octanol–water partition coefficient (Wildman–Crippen LogP) is 1.28. The average molecular weight is 283 g/mol. The smallest absolute Gasteiger partial charge is 0.341 e. The number of carboxylic acid groups (broad SMARTS) is 1. The normalized spacial score (nSPS) is 10.3. The molecule has 1 aromatic rings. The van der Waals surface area contributed by atoms with Gasteiger partial charge in [-0.1, -0.05) is 6.07 Å². The number of hydrogen-bond donors (Lipinski definition) is 2. The number of nitrogens with one attached hydrogen (secondary N) is 1. The van der Waals surface area contributed by atoms with Crippen molar-refractivity contribution < 1.29 is 24.1 Å². The summed E-state index contributed by atoms with van der Waals surface area (Å²) in [5.41, 5.74) is 1.03. The molecule has 0 atom stereocenters. The van der Waals surface area contributed by atoms with Crippen molar-refractivity contribution >= 4 is 5.97 Å². The summed E-state index contributed by atoms with van der Waals surface area (Å²) >= 11 is 0. The second kappa shape index (κ2) is 9.17. The van der Waals surface area contributed by atoms with Crippen LogP contribution < -0.4 is 14.8 Å². The van der Waals surface area contributed by atoms with Gasteiger partial charge in [-0.25, -0.2) is 4.79 Å². The Labute approximate surface area is 118 Å². The van der Waals surface area contributed by atoms with E-state index in [0.29, 0.717) is 31.3 Å². The number of carbonyl (C=O) groups is 1. The van der Waals surface area contributed by atoms with Crippen LogP contribution in [0, 0.1) is 0 Å². The van der Waals surface area contributed by atoms with E-state index < -0.39 is 5.97 Å². The largest absolute Gasteiger partial charge is 0.490 e. The fourth-order valence-corrected chi connectivity index (χ4v) is 1.60. The zero-order chi connectivity index (χ0) is 14.8. The van der Waals surface area contributed by atoms with Crippen LogP contribution in [0.4, 0.5) is 0 Å². The van der Waals surface area contributed by atoms with Crippen LogP contribution in [0.25, 0.3) is 0 Å². The van der Waals surface area contributed by atoms with E-state index in [1.165, 1.54) is 0 Å². The first-order valence-corrected chi connectivity index (χ1v) is 6.47. The lowest BCUT2D eigenvalue weighted by Crippen LogP contribution is -2.18. The number of benzene rings is 1. The quantitative estimate of drug-likeness (QED) is 0.630. The van der Waals surface area contributed by atoms with Crippen molar-refractivity contribution in [3.05, 3.63) is 23.8 Å². The topological polar surface area (TPSA) is 77.0 Å². The molecule has 0 unspecified atom stereocenters. The standard InChI is InChI=1S/C14H21NO5/c1-3-19-13-8-11(9-15-6-7-18-2)4-5-12(13)20-10-14(16)17/h4-5,8,15H,3,6-7,9-10H2,1-2H3,(H,16,17). The van der Waals surface area contributed by atoms with Gasteiger partial charge in [0.15, 0.2) is 18.1 Å². The first-order valence-electron chi connectivity index (χ1n) is 6.47. The summed E-state index contributed by atoms with van der Waals surface area (Å²) < 4.78 is 15.6. The summed E-state index contributed by atoms with van der Waals surface area (Å²) in [6.45, 7) is 4.07. The molecule has 0 aliphatic carbocycles. The fraction of sp³-hybridized carbons (Fsp3) is 0.500. The van der Waals surface area contributed by atoms with Gasteiger partial charge in [0.05, 0.1) is 13.2 Å². The Morgan fingerprint density at radius 3 is 2.75 bits per heavy atom. The van der Waals surface area contributed by atoms with Gasteiger partial charge in [0.1, 0.15) is 0 Å². The van der Waals surface area contributed by atoms with E-state index in [9.17, 15) is 4.79 Å². The lowest BCUT2D eigenvalue weighted by Gasteiger charge is -2.12. The Bertz CT molecular complexity index is 422. The number of aliphatic carboxylic acids is 1. The minimum atomic E-state index is -1.02. The summed E-state index contributed by atoms with van der Waals surface area (Å²) in [5, 5.41) is 11.9. The molecule has 2 N–H and O–H groups in total. The van der Waals surface area contributed by atoms with Crippen molar-refractivity contribution in [1.29, 1.82) is 0 Å². The van der Waals surface area contributed by atoms with E-state index in [0.717, 1.165) is 12.1 Å². The maximum atomic E-state index is 10.5. The minimum absolute atomic E-state index is 0.383. The molecule has 0 radical (unpaired) electrons. The highest BCUT2D eigenvalue weighted by atomic mass is 16.5. The maximum absolute atomic E-state index is 10.5. The molecule has 0 aliphatic rings. The van der Waals surface area contributed by atoms with E-state index in [-0.39, 0.29) is 6.61 Å². The Morgan fingerprint density at radius 1 is 1.30 bits per heavy atom. The third-order valence-corrected chi connectivity index (χ3v) is 2.47. The summed E-state index contributed by atoms with van der Waals surface area (Å²) in [6.07, 6.45) is 0. The Kier molecular flexibility index (Phi) is 7.46. The van der Waals surface area contributed by atoms with Gasteiger partial charge in [0.2, 0.25) is 0 Å². The van der Waals surface area contributed by atoms with Gasteiger partial charge in [-0.05, 0) is 24.6 Å². The van der Waals surface area contributed by atoms with Crippen LogP contribution in [0.15, 0.2) is 18.2 Å². The van der Waals surface area contributed by atoms with Crippen LogP contribution in [-0.4, -0.2) is 44.6 Å². The summed E-state index contributed by atoms with van der Waals surface area (Å²) in [5.74, 6) is -0.0209. The molecular formula is C14H21NO5. The van der Waals surface area contributed by atoms with Gasteiger partial charge in [-0.15, -0.1) is 0 Å². The summed E-state index contributed by atoms with van der Waals surface area (Å²) in [7, 11) is 1.66. The first kappa shape index (κ1) is 16.3. The highest BCUT2D eigenvalue weighted by molar-refractivity contribution is 5.68. The molecule has 0 aromatic heterocycles. The van der Waals surface area contributed by atoms with Crippen LogP contribution in [-0.2, 0) is 16.1 Å².